The van der Waals surface area contributed by atoms with E-state index in [-0.39, 0.29) is 5.54 Å². The third kappa shape index (κ3) is 7.09. The number of nitrogens with one attached hydrogen (secondary N) is 1. The van der Waals surface area contributed by atoms with Crippen molar-refractivity contribution in [2.75, 3.05) is 18.1 Å². The van der Waals surface area contributed by atoms with Crippen molar-refractivity contribution < 1.29 is 4.74 Å². The maximum atomic E-state index is 6.23. The molecule has 1 N–H and O–H groups in total. The van der Waals surface area contributed by atoms with Crippen LogP contribution in [0.3, 0.4) is 0 Å². The minimum Gasteiger partial charge on any atom is -0.491 e. The SMILES string of the molecule is CCSCCOc1ccc(CNC(C)(C)C)cc1Cl. The van der Waals surface area contributed by atoms with Gasteiger partial charge in [0.25, 0.3) is 0 Å². The fourth-order valence-corrected chi connectivity index (χ4v) is 2.24. The number of thioether (sulfide) groups is 1. The quantitative estimate of drug-likeness (QED) is 0.756. The van der Waals surface area contributed by atoms with Crippen LogP contribution in [0.15, 0.2) is 18.2 Å². The Morgan fingerprint density at radius 1 is 1.32 bits per heavy atom. The van der Waals surface area contributed by atoms with Gasteiger partial charge in [-0.1, -0.05) is 24.6 Å². The number of halogens is 1. The van der Waals surface area contributed by atoms with Crippen LogP contribution < -0.4 is 10.1 Å². The first-order valence-electron chi connectivity index (χ1n) is 6.66. The molecule has 0 heterocycles. The molecule has 1 aromatic carbocycles. The van der Waals surface area contributed by atoms with Crippen LogP contribution in [0.2, 0.25) is 5.02 Å². The van der Waals surface area contributed by atoms with Crippen molar-refractivity contribution in [2.45, 2.75) is 39.8 Å². The highest BCUT2D eigenvalue weighted by atomic mass is 35.5. The summed E-state index contributed by atoms with van der Waals surface area (Å²) in [6, 6.07) is 5.99. The summed E-state index contributed by atoms with van der Waals surface area (Å²) in [5.74, 6) is 2.90. The molecule has 0 aliphatic carbocycles. The molecule has 0 spiro atoms. The van der Waals surface area contributed by atoms with Crippen LogP contribution in [-0.2, 0) is 6.54 Å². The lowest BCUT2D eigenvalue weighted by Crippen LogP contribution is -2.35. The normalized spacial score (nSPS) is 11.6. The number of hydrogen-bond acceptors (Lipinski definition) is 3. The van der Waals surface area contributed by atoms with Crippen molar-refractivity contribution in [3.63, 3.8) is 0 Å². The highest BCUT2D eigenvalue weighted by molar-refractivity contribution is 7.99. The van der Waals surface area contributed by atoms with Gasteiger partial charge in [-0.25, -0.2) is 0 Å². The maximum Gasteiger partial charge on any atom is 0.137 e. The van der Waals surface area contributed by atoms with Gasteiger partial charge in [-0.3, -0.25) is 0 Å². The molecule has 0 aliphatic heterocycles. The first-order valence-corrected chi connectivity index (χ1v) is 8.19. The Morgan fingerprint density at radius 3 is 2.63 bits per heavy atom. The Hall–Kier alpha value is -0.380. The van der Waals surface area contributed by atoms with E-state index >= 15 is 0 Å². The van der Waals surface area contributed by atoms with Crippen LogP contribution in [0.1, 0.15) is 33.3 Å². The lowest BCUT2D eigenvalue weighted by Gasteiger charge is -2.20. The Morgan fingerprint density at radius 2 is 2.05 bits per heavy atom. The van der Waals surface area contributed by atoms with Crippen molar-refractivity contribution in [1.82, 2.24) is 5.32 Å². The summed E-state index contributed by atoms with van der Waals surface area (Å²) >= 11 is 8.10. The van der Waals surface area contributed by atoms with Gasteiger partial charge in [-0.15, -0.1) is 0 Å². The van der Waals surface area contributed by atoms with Gasteiger partial charge in [0.05, 0.1) is 11.6 Å². The molecule has 1 rings (SSSR count). The molecule has 0 unspecified atom stereocenters. The Balaban J connectivity index is 2.49. The molecule has 2 nitrogen and oxygen atoms in total. The molecule has 0 radical (unpaired) electrons. The molecule has 0 saturated heterocycles. The standard InChI is InChI=1S/C15H24ClNOS/c1-5-19-9-8-18-14-7-6-12(10-13(14)16)11-17-15(2,3)4/h6-7,10,17H,5,8-9,11H2,1-4H3. The molecule has 0 atom stereocenters. The van der Waals surface area contributed by atoms with Gasteiger partial charge in [-0.2, -0.15) is 11.8 Å². The summed E-state index contributed by atoms with van der Waals surface area (Å²) in [6.07, 6.45) is 0. The molecule has 108 valence electrons. The second kappa shape index (κ2) is 8.03. The fraction of sp³-hybridized carbons (Fsp3) is 0.600. The van der Waals surface area contributed by atoms with Crippen molar-refractivity contribution in [2.24, 2.45) is 0 Å². The van der Waals surface area contributed by atoms with E-state index in [0.29, 0.717) is 11.6 Å². The highest BCUT2D eigenvalue weighted by Gasteiger charge is 2.09. The lowest BCUT2D eigenvalue weighted by atomic mass is 10.1. The minimum atomic E-state index is 0.110. The summed E-state index contributed by atoms with van der Waals surface area (Å²) in [4.78, 5) is 0. The Bertz CT molecular complexity index is 390. The number of benzene rings is 1. The van der Waals surface area contributed by atoms with Gasteiger partial charge in [0.1, 0.15) is 5.75 Å². The number of ether oxygens (including phenoxy) is 1. The van der Waals surface area contributed by atoms with Crippen LogP contribution >= 0.6 is 23.4 Å². The van der Waals surface area contributed by atoms with Gasteiger partial charge in [0.15, 0.2) is 0 Å². The molecule has 1 aromatic rings. The second-order valence-corrected chi connectivity index (χ2v) is 7.21. The average molecular weight is 302 g/mol. The molecular formula is C15H24ClNOS. The van der Waals surface area contributed by atoms with E-state index in [0.717, 1.165) is 23.8 Å². The monoisotopic (exact) mass is 301 g/mol. The van der Waals surface area contributed by atoms with Crippen LogP contribution in [-0.4, -0.2) is 23.7 Å². The lowest BCUT2D eigenvalue weighted by molar-refractivity contribution is 0.344. The molecule has 0 aliphatic rings. The van der Waals surface area contributed by atoms with E-state index < -0.39 is 0 Å². The zero-order chi connectivity index (χ0) is 14.3. The molecule has 19 heavy (non-hydrogen) atoms. The van der Waals surface area contributed by atoms with Gasteiger partial charge >= 0.3 is 0 Å². The van der Waals surface area contributed by atoms with E-state index in [1.807, 2.05) is 23.9 Å². The maximum absolute atomic E-state index is 6.23. The molecule has 0 aromatic heterocycles. The second-order valence-electron chi connectivity index (χ2n) is 5.41. The van der Waals surface area contributed by atoms with E-state index in [1.165, 1.54) is 5.56 Å². The largest absolute Gasteiger partial charge is 0.491 e. The predicted octanol–water partition coefficient (Wildman–Crippen LogP) is 4.36. The first kappa shape index (κ1) is 16.7. The van der Waals surface area contributed by atoms with Crippen molar-refractivity contribution >= 4 is 23.4 Å². The summed E-state index contributed by atoms with van der Waals surface area (Å²) in [5.41, 5.74) is 1.29. The fourth-order valence-electron chi connectivity index (χ4n) is 1.49. The van der Waals surface area contributed by atoms with E-state index in [2.05, 4.69) is 39.1 Å². The van der Waals surface area contributed by atoms with Gasteiger partial charge < -0.3 is 10.1 Å². The number of rotatable bonds is 7. The summed E-state index contributed by atoms with van der Waals surface area (Å²) in [7, 11) is 0. The van der Waals surface area contributed by atoms with Crippen LogP contribution in [0.4, 0.5) is 0 Å². The third-order valence-corrected chi connectivity index (χ3v) is 3.67. The highest BCUT2D eigenvalue weighted by Crippen LogP contribution is 2.25. The van der Waals surface area contributed by atoms with Crippen molar-refractivity contribution in [3.05, 3.63) is 28.8 Å². The van der Waals surface area contributed by atoms with Gasteiger partial charge in [-0.05, 0) is 44.2 Å². The minimum absolute atomic E-state index is 0.110. The van der Waals surface area contributed by atoms with Crippen molar-refractivity contribution in [1.29, 1.82) is 0 Å². The van der Waals surface area contributed by atoms with E-state index in [4.69, 9.17) is 16.3 Å². The zero-order valence-corrected chi connectivity index (χ0v) is 13.8. The summed E-state index contributed by atoms with van der Waals surface area (Å²) < 4.78 is 5.67. The molecule has 0 fully saturated rings. The Labute approximate surface area is 126 Å². The van der Waals surface area contributed by atoms with Crippen LogP contribution in [0.5, 0.6) is 5.75 Å². The van der Waals surface area contributed by atoms with Crippen molar-refractivity contribution in [3.8, 4) is 5.75 Å². The molecule has 0 saturated carbocycles. The average Bonchev–Trinajstić information content (AvgIpc) is 2.33. The number of hydrogen-bond donors (Lipinski definition) is 1. The first-order chi connectivity index (χ1) is 8.92. The van der Waals surface area contributed by atoms with Gasteiger partial charge in [0.2, 0.25) is 0 Å². The van der Waals surface area contributed by atoms with Gasteiger partial charge in [0, 0.05) is 17.8 Å². The smallest absolute Gasteiger partial charge is 0.137 e. The molecule has 4 heteroatoms. The molecule has 0 bridgehead atoms. The van der Waals surface area contributed by atoms with E-state index in [1.54, 1.807) is 0 Å². The van der Waals surface area contributed by atoms with Crippen LogP contribution in [0, 0.1) is 0 Å². The van der Waals surface area contributed by atoms with Crippen LogP contribution in [0.25, 0.3) is 0 Å². The Kier molecular flexibility index (Phi) is 7.05. The predicted molar refractivity (Wildman–Crippen MR) is 86.5 cm³/mol. The third-order valence-electron chi connectivity index (χ3n) is 2.51. The topological polar surface area (TPSA) is 21.3 Å². The molecule has 0 amide bonds. The zero-order valence-electron chi connectivity index (χ0n) is 12.3. The summed E-state index contributed by atoms with van der Waals surface area (Å²) in [5, 5.41) is 4.13. The van der Waals surface area contributed by atoms with E-state index in [9.17, 15) is 0 Å². The summed E-state index contributed by atoms with van der Waals surface area (Å²) in [6.45, 7) is 10.1. The molecular weight excluding hydrogens is 278 g/mol.